The number of benzene rings is 1. The summed E-state index contributed by atoms with van der Waals surface area (Å²) in [5, 5.41) is 11.8. The molecule has 1 aliphatic rings. The van der Waals surface area contributed by atoms with Crippen molar-refractivity contribution in [1.29, 1.82) is 0 Å². The molecule has 0 heterocycles. The highest BCUT2D eigenvalue weighted by Gasteiger charge is 2.28. The maximum atomic E-state index is 13.5. The lowest BCUT2D eigenvalue weighted by Crippen LogP contribution is -2.31. The zero-order valence-electron chi connectivity index (χ0n) is 9.12. The van der Waals surface area contributed by atoms with Crippen LogP contribution >= 0.6 is 0 Å². The molecule has 1 saturated carbocycles. The van der Waals surface area contributed by atoms with Gasteiger partial charge in [0.25, 0.3) is 0 Å². The summed E-state index contributed by atoms with van der Waals surface area (Å²) in [6, 6.07) is 2.38. The molecule has 17 heavy (non-hydrogen) atoms. The van der Waals surface area contributed by atoms with Crippen LogP contribution in [0.5, 0.6) is 0 Å². The highest BCUT2D eigenvalue weighted by molar-refractivity contribution is 5.75. The third-order valence-corrected chi connectivity index (χ3v) is 2.85. The van der Waals surface area contributed by atoms with Crippen molar-refractivity contribution in [2.24, 2.45) is 5.92 Å². The zero-order valence-corrected chi connectivity index (χ0v) is 9.12. The van der Waals surface area contributed by atoms with Gasteiger partial charge in [0.05, 0.1) is 0 Å². The first-order valence-corrected chi connectivity index (χ1v) is 5.49. The number of nitrogens with one attached hydrogen (secondary N) is 1. The van der Waals surface area contributed by atoms with Crippen LogP contribution < -0.4 is 5.32 Å². The highest BCUT2D eigenvalue weighted by Crippen LogP contribution is 2.29. The van der Waals surface area contributed by atoms with Crippen LogP contribution in [0, 0.1) is 17.6 Å². The summed E-state index contributed by atoms with van der Waals surface area (Å²) in [7, 11) is 0. The van der Waals surface area contributed by atoms with Crippen molar-refractivity contribution in [2.75, 3.05) is 6.54 Å². The normalized spacial score (nSPS) is 16.8. The number of aliphatic carboxylic acids is 1. The topological polar surface area (TPSA) is 49.3 Å². The predicted octanol–water partition coefficient (Wildman–Crippen LogP) is 2.09. The molecule has 0 spiro atoms. The Bertz CT molecular complexity index is 433. The van der Waals surface area contributed by atoms with Gasteiger partial charge in [0.2, 0.25) is 0 Å². The van der Waals surface area contributed by atoms with E-state index in [1.165, 1.54) is 12.1 Å². The van der Waals surface area contributed by atoms with Gasteiger partial charge in [-0.3, -0.25) is 4.79 Å². The molecule has 1 aromatic carbocycles. The SMILES string of the molecule is O=C(O)C(NCC1CC1)c1cccc(F)c1F. The van der Waals surface area contributed by atoms with E-state index >= 15 is 0 Å². The molecule has 1 aromatic rings. The number of hydrogen-bond acceptors (Lipinski definition) is 2. The molecule has 1 atom stereocenters. The predicted molar refractivity (Wildman–Crippen MR) is 57.5 cm³/mol. The molecular weight excluding hydrogens is 228 g/mol. The van der Waals surface area contributed by atoms with E-state index in [9.17, 15) is 13.6 Å². The fraction of sp³-hybridized carbons (Fsp3) is 0.417. The molecule has 0 saturated heterocycles. The summed E-state index contributed by atoms with van der Waals surface area (Å²) in [5.74, 6) is -2.85. The van der Waals surface area contributed by atoms with Crippen LogP contribution in [0.1, 0.15) is 24.4 Å². The molecule has 0 aliphatic heterocycles. The number of carbonyl (C=O) groups is 1. The summed E-state index contributed by atoms with van der Waals surface area (Å²) < 4.78 is 26.5. The lowest BCUT2D eigenvalue weighted by Gasteiger charge is -2.15. The third-order valence-electron chi connectivity index (χ3n) is 2.85. The van der Waals surface area contributed by atoms with Gasteiger partial charge in [-0.2, -0.15) is 0 Å². The number of rotatable bonds is 5. The number of hydrogen-bond donors (Lipinski definition) is 2. The molecule has 0 radical (unpaired) electrons. The monoisotopic (exact) mass is 241 g/mol. The van der Waals surface area contributed by atoms with Crippen LogP contribution in [0.4, 0.5) is 8.78 Å². The van der Waals surface area contributed by atoms with Gasteiger partial charge < -0.3 is 10.4 Å². The Hall–Kier alpha value is -1.49. The summed E-state index contributed by atoms with van der Waals surface area (Å²) in [6.45, 7) is 0.521. The van der Waals surface area contributed by atoms with Gasteiger partial charge in [0.1, 0.15) is 6.04 Å². The Labute approximate surface area is 97.5 Å². The van der Waals surface area contributed by atoms with Crippen molar-refractivity contribution in [3.05, 3.63) is 35.4 Å². The number of halogens is 2. The summed E-state index contributed by atoms with van der Waals surface area (Å²) >= 11 is 0. The van der Waals surface area contributed by atoms with Crippen LogP contribution in [0.2, 0.25) is 0 Å². The second kappa shape index (κ2) is 4.79. The summed E-state index contributed by atoms with van der Waals surface area (Å²) in [4.78, 5) is 11.0. The van der Waals surface area contributed by atoms with E-state index in [4.69, 9.17) is 5.11 Å². The Morgan fingerprint density at radius 2 is 2.18 bits per heavy atom. The average Bonchev–Trinajstić information content (AvgIpc) is 3.07. The van der Waals surface area contributed by atoms with Gasteiger partial charge >= 0.3 is 5.97 Å². The smallest absolute Gasteiger partial charge is 0.325 e. The van der Waals surface area contributed by atoms with E-state index in [0.717, 1.165) is 18.9 Å². The standard InChI is InChI=1S/C12H13F2NO2/c13-9-3-1-2-8(10(9)14)11(12(16)17)15-6-7-4-5-7/h1-3,7,11,15H,4-6H2,(H,16,17). The van der Waals surface area contributed by atoms with Crippen molar-refractivity contribution in [3.63, 3.8) is 0 Å². The van der Waals surface area contributed by atoms with Crippen LogP contribution in [-0.2, 0) is 4.79 Å². The van der Waals surface area contributed by atoms with E-state index in [1.54, 1.807) is 0 Å². The fourth-order valence-electron chi connectivity index (χ4n) is 1.68. The minimum absolute atomic E-state index is 0.154. The first-order chi connectivity index (χ1) is 8.09. The first kappa shape index (κ1) is 12.0. The third kappa shape index (κ3) is 2.79. The van der Waals surface area contributed by atoms with Crippen LogP contribution in [0.25, 0.3) is 0 Å². The molecule has 2 rings (SSSR count). The molecule has 0 amide bonds. The van der Waals surface area contributed by atoms with Crippen molar-refractivity contribution in [1.82, 2.24) is 5.32 Å². The molecule has 1 unspecified atom stereocenters. The van der Waals surface area contributed by atoms with Gasteiger partial charge in [-0.25, -0.2) is 8.78 Å². The number of carboxylic acid groups (broad SMARTS) is 1. The first-order valence-electron chi connectivity index (χ1n) is 5.49. The van der Waals surface area contributed by atoms with Crippen molar-refractivity contribution in [2.45, 2.75) is 18.9 Å². The molecule has 1 aliphatic carbocycles. The van der Waals surface area contributed by atoms with Crippen LogP contribution in [0.15, 0.2) is 18.2 Å². The average molecular weight is 241 g/mol. The van der Waals surface area contributed by atoms with E-state index in [1.807, 2.05) is 0 Å². The second-order valence-corrected chi connectivity index (χ2v) is 4.27. The molecule has 3 nitrogen and oxygen atoms in total. The Balaban J connectivity index is 2.18. The van der Waals surface area contributed by atoms with E-state index < -0.39 is 23.6 Å². The largest absolute Gasteiger partial charge is 0.480 e. The van der Waals surface area contributed by atoms with E-state index in [0.29, 0.717) is 12.5 Å². The Kier molecular flexibility index (Phi) is 3.38. The number of carboxylic acids is 1. The second-order valence-electron chi connectivity index (χ2n) is 4.27. The Morgan fingerprint density at radius 1 is 1.47 bits per heavy atom. The molecule has 1 fully saturated rings. The van der Waals surface area contributed by atoms with Gasteiger partial charge in [-0.05, 0) is 31.4 Å². The highest BCUT2D eigenvalue weighted by atomic mass is 19.2. The van der Waals surface area contributed by atoms with E-state index in [2.05, 4.69) is 5.32 Å². The molecule has 2 N–H and O–H groups in total. The van der Waals surface area contributed by atoms with Gasteiger partial charge in [-0.15, -0.1) is 0 Å². The lowest BCUT2D eigenvalue weighted by molar-refractivity contribution is -0.139. The van der Waals surface area contributed by atoms with Crippen LogP contribution in [-0.4, -0.2) is 17.6 Å². The maximum absolute atomic E-state index is 13.5. The van der Waals surface area contributed by atoms with Crippen molar-refractivity contribution in [3.8, 4) is 0 Å². The van der Waals surface area contributed by atoms with Gasteiger partial charge in [-0.1, -0.05) is 12.1 Å². The summed E-state index contributed by atoms with van der Waals surface area (Å²) in [5.41, 5.74) is -0.154. The van der Waals surface area contributed by atoms with Gasteiger partial charge in [0, 0.05) is 5.56 Å². The Morgan fingerprint density at radius 3 is 2.76 bits per heavy atom. The zero-order chi connectivity index (χ0) is 12.4. The van der Waals surface area contributed by atoms with E-state index in [-0.39, 0.29) is 5.56 Å². The minimum Gasteiger partial charge on any atom is -0.480 e. The molecule has 5 heteroatoms. The fourth-order valence-corrected chi connectivity index (χ4v) is 1.68. The molecule has 92 valence electrons. The molecule has 0 bridgehead atoms. The quantitative estimate of drug-likeness (QED) is 0.829. The minimum atomic E-state index is -1.20. The van der Waals surface area contributed by atoms with Gasteiger partial charge in [0.15, 0.2) is 11.6 Å². The molecule has 0 aromatic heterocycles. The maximum Gasteiger partial charge on any atom is 0.325 e. The molecular formula is C12H13F2NO2. The van der Waals surface area contributed by atoms with Crippen molar-refractivity contribution < 1.29 is 18.7 Å². The summed E-state index contributed by atoms with van der Waals surface area (Å²) in [6.07, 6.45) is 2.12. The van der Waals surface area contributed by atoms with Crippen molar-refractivity contribution >= 4 is 5.97 Å². The lowest BCUT2D eigenvalue weighted by atomic mass is 10.1. The van der Waals surface area contributed by atoms with Crippen LogP contribution in [0.3, 0.4) is 0 Å².